The number of sulfonamides is 1. The van der Waals surface area contributed by atoms with Crippen molar-refractivity contribution in [1.29, 1.82) is 0 Å². The molecule has 3 aromatic carbocycles. The van der Waals surface area contributed by atoms with Crippen molar-refractivity contribution in [2.45, 2.75) is 13.3 Å². The van der Waals surface area contributed by atoms with Crippen LogP contribution >= 0.6 is 11.6 Å². The van der Waals surface area contributed by atoms with E-state index < -0.39 is 16.1 Å². The molecule has 0 bridgehead atoms. The highest BCUT2D eigenvalue weighted by Crippen LogP contribution is 2.26. The van der Waals surface area contributed by atoms with E-state index in [0.29, 0.717) is 28.4 Å². The van der Waals surface area contributed by atoms with Crippen molar-refractivity contribution in [1.82, 2.24) is 4.72 Å². The first-order valence-electron chi connectivity index (χ1n) is 9.33. The van der Waals surface area contributed by atoms with Crippen molar-refractivity contribution in [2.75, 3.05) is 4.90 Å². The molecule has 0 aliphatic carbocycles. The number of para-hydroxylation sites is 2. The van der Waals surface area contributed by atoms with Crippen molar-refractivity contribution in [3.8, 4) is 0 Å². The Morgan fingerprint density at radius 2 is 1.40 bits per heavy atom. The van der Waals surface area contributed by atoms with Gasteiger partial charge in [0.1, 0.15) is 0 Å². The summed E-state index contributed by atoms with van der Waals surface area (Å²) in [6.07, 6.45) is 0.470. The lowest BCUT2D eigenvalue weighted by molar-refractivity contribution is 0.253. The topological polar surface area (TPSA) is 66.5 Å². The van der Waals surface area contributed by atoms with Crippen LogP contribution in [0.25, 0.3) is 5.57 Å². The molecule has 0 saturated carbocycles. The molecule has 0 unspecified atom stereocenters. The van der Waals surface area contributed by atoms with Gasteiger partial charge in [-0.2, -0.15) is 0 Å². The van der Waals surface area contributed by atoms with Gasteiger partial charge in [-0.25, -0.2) is 17.9 Å². The summed E-state index contributed by atoms with van der Waals surface area (Å²) in [7, 11) is -4.05. The van der Waals surface area contributed by atoms with Crippen molar-refractivity contribution < 1.29 is 13.2 Å². The second kappa shape index (κ2) is 9.61. The molecule has 7 heteroatoms. The van der Waals surface area contributed by atoms with Gasteiger partial charge in [-0.1, -0.05) is 67.1 Å². The van der Waals surface area contributed by atoms with Crippen LogP contribution in [0.5, 0.6) is 0 Å². The molecule has 0 saturated heterocycles. The standard InChI is InChI=1S/C23H21ClN2O3S/c1-2-18(19-13-15-20(24)16-14-19)17-30(28,29)25-23(27)26(21-9-5-3-6-10-21)22-11-7-4-8-12-22/h3-17H,2H2,1H3,(H,25,27)/b18-17-. The number of allylic oxidation sites excluding steroid dienone is 1. The number of anilines is 2. The average molecular weight is 441 g/mol. The zero-order valence-corrected chi connectivity index (χ0v) is 17.9. The molecule has 0 aliphatic heterocycles. The Morgan fingerprint density at radius 1 is 0.900 bits per heavy atom. The normalized spacial score (nSPS) is 11.7. The minimum absolute atomic E-state index is 0.470. The third-order valence-electron chi connectivity index (χ3n) is 4.35. The molecule has 30 heavy (non-hydrogen) atoms. The number of hydrogen-bond acceptors (Lipinski definition) is 3. The molecule has 0 spiro atoms. The molecule has 0 radical (unpaired) electrons. The summed E-state index contributed by atoms with van der Waals surface area (Å²) in [5.74, 6) is 0. The fourth-order valence-corrected chi connectivity index (χ4v) is 4.14. The minimum Gasteiger partial charge on any atom is -0.262 e. The predicted octanol–water partition coefficient (Wildman–Crippen LogP) is 5.97. The second-order valence-electron chi connectivity index (χ2n) is 6.46. The van der Waals surface area contributed by atoms with Crippen molar-refractivity contribution in [2.24, 2.45) is 0 Å². The van der Waals surface area contributed by atoms with Gasteiger partial charge in [0.15, 0.2) is 0 Å². The summed E-state index contributed by atoms with van der Waals surface area (Å²) < 4.78 is 27.7. The summed E-state index contributed by atoms with van der Waals surface area (Å²) in [5, 5.41) is 1.65. The highest BCUT2D eigenvalue weighted by atomic mass is 35.5. The Labute approximate surface area is 181 Å². The number of benzene rings is 3. The monoisotopic (exact) mass is 440 g/mol. The van der Waals surface area contributed by atoms with Crippen LogP contribution in [0.1, 0.15) is 18.9 Å². The highest BCUT2D eigenvalue weighted by molar-refractivity contribution is 7.93. The van der Waals surface area contributed by atoms with Gasteiger partial charge in [0.05, 0.1) is 16.8 Å². The van der Waals surface area contributed by atoms with Crippen molar-refractivity contribution in [3.63, 3.8) is 0 Å². The quantitative estimate of drug-likeness (QED) is 0.513. The lowest BCUT2D eigenvalue weighted by Gasteiger charge is -2.23. The third-order valence-corrected chi connectivity index (χ3v) is 5.66. The molecular formula is C23H21ClN2O3S. The fourth-order valence-electron chi connectivity index (χ4n) is 2.94. The number of urea groups is 1. The number of nitrogens with one attached hydrogen (secondary N) is 1. The van der Waals surface area contributed by atoms with Gasteiger partial charge < -0.3 is 0 Å². The number of carbonyl (C=O) groups excluding carboxylic acids is 1. The Balaban J connectivity index is 1.91. The zero-order chi connectivity index (χ0) is 21.6. The minimum atomic E-state index is -4.05. The number of halogens is 1. The molecule has 0 atom stereocenters. The molecule has 3 aromatic rings. The van der Waals surface area contributed by atoms with Gasteiger partial charge >= 0.3 is 6.03 Å². The van der Waals surface area contributed by atoms with E-state index >= 15 is 0 Å². The molecule has 2 amide bonds. The van der Waals surface area contributed by atoms with Crippen LogP contribution in [0.3, 0.4) is 0 Å². The maximum Gasteiger partial charge on any atom is 0.340 e. The number of rotatable bonds is 6. The van der Waals surface area contributed by atoms with Crippen LogP contribution in [-0.2, 0) is 10.0 Å². The van der Waals surface area contributed by atoms with Gasteiger partial charge in [-0.3, -0.25) is 4.90 Å². The SMILES string of the molecule is CC/C(=C/S(=O)(=O)NC(=O)N(c1ccccc1)c1ccccc1)c1ccc(Cl)cc1. The van der Waals surface area contributed by atoms with Gasteiger partial charge in [0.25, 0.3) is 10.0 Å². The Bertz CT molecular complexity index is 1090. The smallest absolute Gasteiger partial charge is 0.262 e. The molecule has 154 valence electrons. The number of hydrogen-bond donors (Lipinski definition) is 1. The number of amides is 2. The van der Waals surface area contributed by atoms with Crippen LogP contribution in [-0.4, -0.2) is 14.4 Å². The molecule has 1 N–H and O–H groups in total. The van der Waals surface area contributed by atoms with E-state index in [2.05, 4.69) is 4.72 Å². The van der Waals surface area contributed by atoms with E-state index in [4.69, 9.17) is 11.6 Å². The van der Waals surface area contributed by atoms with Crippen LogP contribution in [0.2, 0.25) is 5.02 Å². The highest BCUT2D eigenvalue weighted by Gasteiger charge is 2.22. The summed E-state index contributed by atoms with van der Waals surface area (Å²) in [5.41, 5.74) is 2.39. The molecule has 5 nitrogen and oxygen atoms in total. The Morgan fingerprint density at radius 3 is 1.87 bits per heavy atom. The van der Waals surface area contributed by atoms with Gasteiger partial charge in [-0.05, 0) is 54.0 Å². The summed E-state index contributed by atoms with van der Waals surface area (Å²) >= 11 is 5.91. The average Bonchev–Trinajstić information content (AvgIpc) is 2.74. The van der Waals surface area contributed by atoms with Crippen LogP contribution in [0.15, 0.2) is 90.3 Å². The summed E-state index contributed by atoms with van der Waals surface area (Å²) in [6.45, 7) is 1.85. The van der Waals surface area contributed by atoms with E-state index in [-0.39, 0.29) is 0 Å². The van der Waals surface area contributed by atoms with Gasteiger partial charge in [-0.15, -0.1) is 0 Å². The Hall–Kier alpha value is -3.09. The second-order valence-corrected chi connectivity index (χ2v) is 8.43. The lowest BCUT2D eigenvalue weighted by atomic mass is 10.1. The first kappa shape index (κ1) is 21.6. The molecule has 0 fully saturated rings. The van der Waals surface area contributed by atoms with E-state index in [0.717, 1.165) is 11.0 Å². The van der Waals surface area contributed by atoms with Gasteiger partial charge in [0, 0.05) is 5.02 Å². The largest absolute Gasteiger partial charge is 0.340 e. The molecular weight excluding hydrogens is 420 g/mol. The van der Waals surface area contributed by atoms with E-state index in [1.165, 1.54) is 4.90 Å². The Kier molecular flexibility index (Phi) is 6.92. The molecule has 3 rings (SSSR count). The zero-order valence-electron chi connectivity index (χ0n) is 16.3. The van der Waals surface area contributed by atoms with Crippen LogP contribution in [0.4, 0.5) is 16.2 Å². The van der Waals surface area contributed by atoms with E-state index in [1.54, 1.807) is 72.8 Å². The molecule has 0 aromatic heterocycles. The third kappa shape index (κ3) is 5.49. The van der Waals surface area contributed by atoms with E-state index in [9.17, 15) is 13.2 Å². The number of nitrogens with zero attached hydrogens (tertiary/aromatic N) is 1. The van der Waals surface area contributed by atoms with Crippen LogP contribution < -0.4 is 9.62 Å². The first-order chi connectivity index (χ1) is 14.4. The van der Waals surface area contributed by atoms with Crippen molar-refractivity contribution >= 4 is 44.6 Å². The summed E-state index contributed by atoms with van der Waals surface area (Å²) in [6, 6.07) is 23.8. The van der Waals surface area contributed by atoms with Crippen LogP contribution in [0, 0.1) is 0 Å². The fraction of sp³-hybridized carbons (Fsp3) is 0.0870. The van der Waals surface area contributed by atoms with Crippen molar-refractivity contribution in [3.05, 3.63) is 101 Å². The maximum absolute atomic E-state index is 13.0. The maximum atomic E-state index is 13.0. The summed E-state index contributed by atoms with van der Waals surface area (Å²) in [4.78, 5) is 14.3. The number of carbonyl (C=O) groups is 1. The van der Waals surface area contributed by atoms with E-state index in [1.807, 2.05) is 19.1 Å². The predicted molar refractivity (Wildman–Crippen MR) is 122 cm³/mol. The molecule has 0 heterocycles. The first-order valence-corrected chi connectivity index (χ1v) is 11.3. The molecule has 0 aliphatic rings. The lowest BCUT2D eigenvalue weighted by Crippen LogP contribution is -2.39. The van der Waals surface area contributed by atoms with Gasteiger partial charge in [0.2, 0.25) is 0 Å².